The summed E-state index contributed by atoms with van der Waals surface area (Å²) in [6.07, 6.45) is 3.64. The fraction of sp³-hybridized carbons (Fsp3) is 0. The molecule has 5 heavy (non-hydrogen) atoms. The summed E-state index contributed by atoms with van der Waals surface area (Å²) in [4.78, 5) is 0. The van der Waals surface area contributed by atoms with E-state index >= 15 is 0 Å². The largest absolute Gasteiger partial charge is 0.110 e. The van der Waals surface area contributed by atoms with Gasteiger partial charge in [-0.25, -0.2) is 0 Å². The first-order valence-electron chi connectivity index (χ1n) is 1.32. The molecular formula is C3H12BSn. The van der Waals surface area contributed by atoms with Crippen molar-refractivity contribution < 1.29 is 4.28 Å². The molecule has 0 aliphatic carbocycles. The second-order valence-electron chi connectivity index (χ2n) is 0.569. The van der Waals surface area contributed by atoms with Crippen LogP contribution in [0.25, 0.3) is 0 Å². The van der Waals surface area contributed by atoms with Gasteiger partial charge in [0.25, 0.3) is 0 Å². The van der Waals surface area contributed by atoms with Crippen molar-refractivity contribution in [1.29, 1.82) is 0 Å². The number of rotatable bonds is 1. The maximum absolute atomic E-state index is 3.42. The van der Waals surface area contributed by atoms with Crippen LogP contribution in [-0.2, 0) is 0 Å². The SMILES string of the molecule is B[CH]C=C.[HH].[HH].[HH].[Sn]. The number of allylic oxidation sites excluding steroid dienone is 1. The number of hydrogen-bond acceptors (Lipinski definition) is 0. The molecule has 0 rings (SSSR count). The fourth-order valence-electron chi connectivity index (χ4n) is 0. The minimum Gasteiger partial charge on any atom is -0.104 e. The van der Waals surface area contributed by atoms with E-state index in [4.69, 9.17) is 0 Å². The fourth-order valence-corrected chi connectivity index (χ4v) is 0. The molecule has 0 fully saturated rings. The quantitative estimate of drug-likeness (QED) is 0.507. The summed E-state index contributed by atoms with van der Waals surface area (Å²) in [7, 11) is 1.94. The third-order valence-electron chi connectivity index (χ3n) is 0.236. The summed E-state index contributed by atoms with van der Waals surface area (Å²) in [5.41, 5.74) is 0. The van der Waals surface area contributed by atoms with Crippen molar-refractivity contribution in [2.45, 2.75) is 0 Å². The van der Waals surface area contributed by atoms with Crippen LogP contribution in [0.3, 0.4) is 0 Å². The summed E-state index contributed by atoms with van der Waals surface area (Å²) in [6, 6.07) is 0. The zero-order valence-electron chi connectivity index (χ0n) is 3.36. The maximum Gasteiger partial charge on any atom is 0.110 e. The topological polar surface area (TPSA) is 0 Å². The van der Waals surface area contributed by atoms with Crippen LogP contribution in [0.2, 0.25) is 0 Å². The zero-order chi connectivity index (χ0) is 3.41. The normalized spacial score (nSPS) is 4.80. The smallest absolute Gasteiger partial charge is 0.104 e. The van der Waals surface area contributed by atoms with E-state index in [0.717, 1.165) is 0 Å². The van der Waals surface area contributed by atoms with E-state index in [1.54, 1.807) is 6.08 Å². The molecule has 0 saturated heterocycles. The Morgan fingerprint density at radius 1 is 1.80 bits per heavy atom. The van der Waals surface area contributed by atoms with Crippen molar-refractivity contribution in [2.75, 3.05) is 0 Å². The van der Waals surface area contributed by atoms with Gasteiger partial charge in [0.1, 0.15) is 7.85 Å². The molecule has 0 aliphatic rings. The Bertz CT molecular complexity index is 28.5. The van der Waals surface area contributed by atoms with Gasteiger partial charge in [-0.1, -0.05) is 12.4 Å². The Labute approximate surface area is 55.5 Å². The molecule has 5 radical (unpaired) electrons. The van der Waals surface area contributed by atoms with Gasteiger partial charge in [-0.3, -0.25) is 0 Å². The summed E-state index contributed by atoms with van der Waals surface area (Å²) >= 11 is 0. The molecule has 0 aromatic heterocycles. The molecule has 0 spiro atoms. The van der Waals surface area contributed by atoms with E-state index in [9.17, 15) is 0 Å². The van der Waals surface area contributed by atoms with Gasteiger partial charge in [-0.2, -0.15) is 0 Å². The van der Waals surface area contributed by atoms with Gasteiger partial charge in [-0.15, -0.1) is 6.58 Å². The summed E-state index contributed by atoms with van der Waals surface area (Å²) in [5, 5.41) is 0. The van der Waals surface area contributed by atoms with Gasteiger partial charge >= 0.3 is 0 Å². The average Bonchev–Trinajstić information content (AvgIpc) is 1.37. The molecule has 0 atom stereocenters. The van der Waals surface area contributed by atoms with E-state index in [2.05, 4.69) is 6.58 Å². The van der Waals surface area contributed by atoms with Gasteiger partial charge in [0.15, 0.2) is 0 Å². The summed E-state index contributed by atoms with van der Waals surface area (Å²) in [5.74, 6) is 0. The summed E-state index contributed by atoms with van der Waals surface area (Å²) in [6.45, 7) is 3.42. The van der Waals surface area contributed by atoms with E-state index in [1.807, 2.05) is 14.2 Å². The van der Waals surface area contributed by atoms with Gasteiger partial charge < -0.3 is 0 Å². The minimum absolute atomic E-state index is 0. The van der Waals surface area contributed by atoms with Crippen LogP contribution in [-0.4, -0.2) is 31.8 Å². The van der Waals surface area contributed by atoms with Crippen molar-refractivity contribution in [1.82, 2.24) is 0 Å². The Morgan fingerprint density at radius 2 is 2.00 bits per heavy atom. The average molecular weight is 178 g/mol. The van der Waals surface area contributed by atoms with Crippen LogP contribution >= 0.6 is 0 Å². The van der Waals surface area contributed by atoms with E-state index < -0.39 is 0 Å². The first-order chi connectivity index (χ1) is 1.91. The van der Waals surface area contributed by atoms with Crippen LogP contribution in [0.15, 0.2) is 12.7 Å². The minimum atomic E-state index is 0. The molecule has 31 valence electrons. The van der Waals surface area contributed by atoms with Crippen molar-refractivity contribution in [3.8, 4) is 0 Å². The van der Waals surface area contributed by atoms with Crippen molar-refractivity contribution in [3.63, 3.8) is 0 Å². The van der Waals surface area contributed by atoms with Gasteiger partial charge in [0, 0.05) is 28.2 Å². The third-order valence-corrected chi connectivity index (χ3v) is 0.236. The van der Waals surface area contributed by atoms with E-state index in [-0.39, 0.29) is 28.2 Å². The molecule has 0 nitrogen and oxygen atoms in total. The van der Waals surface area contributed by atoms with Crippen LogP contribution in [0.4, 0.5) is 0 Å². The third kappa shape index (κ3) is 12.1. The second-order valence-corrected chi connectivity index (χ2v) is 0.569. The monoisotopic (exact) mass is 179 g/mol. The van der Waals surface area contributed by atoms with E-state index in [0.29, 0.717) is 0 Å². The maximum atomic E-state index is 3.42. The molecular weight excluding hydrogens is 166 g/mol. The molecule has 0 amide bonds. The molecule has 0 N–H and O–H groups in total. The van der Waals surface area contributed by atoms with E-state index in [1.165, 1.54) is 0 Å². The van der Waals surface area contributed by atoms with Crippen LogP contribution in [0.1, 0.15) is 4.28 Å². The Balaban J connectivity index is -0.00000000750. The summed E-state index contributed by atoms with van der Waals surface area (Å²) < 4.78 is 0. The Kier molecular flexibility index (Phi) is 16.1. The molecule has 0 aromatic rings. The molecule has 0 aliphatic heterocycles. The van der Waals surface area contributed by atoms with Gasteiger partial charge in [0.2, 0.25) is 0 Å². The molecule has 2 heteroatoms. The predicted molar refractivity (Wildman–Crippen MR) is 35.1 cm³/mol. The molecule has 0 saturated carbocycles. The molecule has 0 bridgehead atoms. The zero-order valence-corrected chi connectivity index (χ0v) is 6.22. The Morgan fingerprint density at radius 3 is 2.00 bits per heavy atom. The Hall–Kier alpha value is 0.604. The first kappa shape index (κ1) is 9.15. The predicted octanol–water partition coefficient (Wildman–Crippen LogP) is 0.324. The molecule has 0 aromatic carbocycles. The van der Waals surface area contributed by atoms with Crippen LogP contribution in [0.5, 0.6) is 0 Å². The standard InChI is InChI=1S/C3H6B.Sn.3H2/c1-2-3-4;;;;/h2-3H,1,4H2;;3*1H. The van der Waals surface area contributed by atoms with Crippen LogP contribution < -0.4 is 0 Å². The number of hydrogen-bond donors (Lipinski definition) is 0. The first-order valence-corrected chi connectivity index (χ1v) is 1.32. The van der Waals surface area contributed by atoms with Crippen molar-refractivity contribution >= 4 is 31.8 Å². The van der Waals surface area contributed by atoms with Crippen molar-refractivity contribution in [3.05, 3.63) is 19.0 Å². The van der Waals surface area contributed by atoms with Crippen LogP contribution in [0, 0.1) is 6.32 Å². The van der Waals surface area contributed by atoms with Crippen molar-refractivity contribution in [2.24, 2.45) is 0 Å². The van der Waals surface area contributed by atoms with Gasteiger partial charge in [-0.05, 0) is 0 Å². The van der Waals surface area contributed by atoms with Gasteiger partial charge in [0.05, 0.1) is 0 Å². The second kappa shape index (κ2) is 8.82. The molecule has 0 unspecified atom stereocenters. The molecule has 0 heterocycles.